The fourth-order valence-electron chi connectivity index (χ4n) is 2.94. The van der Waals surface area contributed by atoms with E-state index in [9.17, 15) is 9.18 Å². The van der Waals surface area contributed by atoms with Gasteiger partial charge in [0.2, 0.25) is 5.91 Å². The minimum atomic E-state index is -0.341. The van der Waals surface area contributed by atoms with Crippen molar-refractivity contribution in [3.63, 3.8) is 0 Å². The topological polar surface area (TPSA) is 49.3 Å². The first-order chi connectivity index (χ1) is 11.6. The number of hydrogen-bond acceptors (Lipinski definition) is 2. The molecular weight excluding hydrogens is 329 g/mol. The highest BCUT2D eigenvalue weighted by atomic mass is 35.5. The molecule has 24 heavy (non-hydrogen) atoms. The predicted octanol–water partition coefficient (Wildman–Crippen LogP) is 3.43. The molecule has 2 atom stereocenters. The second-order valence-corrected chi connectivity index (χ2v) is 6.51. The van der Waals surface area contributed by atoms with E-state index in [1.807, 2.05) is 24.3 Å². The van der Waals surface area contributed by atoms with Crippen LogP contribution < -0.4 is 5.32 Å². The zero-order chi connectivity index (χ0) is 17.1. The second kappa shape index (κ2) is 7.32. The fourth-order valence-corrected chi connectivity index (χ4v) is 3.24. The molecule has 0 spiro atoms. The van der Waals surface area contributed by atoms with Crippen molar-refractivity contribution in [2.24, 2.45) is 5.92 Å². The first kappa shape index (κ1) is 16.9. The van der Waals surface area contributed by atoms with Crippen LogP contribution in [0.3, 0.4) is 0 Å². The maximum Gasteiger partial charge on any atom is 0.223 e. The zero-order valence-corrected chi connectivity index (χ0v) is 13.9. The van der Waals surface area contributed by atoms with Crippen molar-refractivity contribution in [1.82, 2.24) is 5.32 Å². The van der Waals surface area contributed by atoms with Gasteiger partial charge in [-0.3, -0.25) is 4.79 Å². The lowest BCUT2D eigenvalue weighted by atomic mass is 10.1. The molecule has 1 aliphatic rings. The Kier molecular flexibility index (Phi) is 5.17. The lowest BCUT2D eigenvalue weighted by Gasteiger charge is -2.07. The molecule has 1 fully saturated rings. The molecule has 126 valence electrons. The van der Waals surface area contributed by atoms with Crippen LogP contribution in [0.15, 0.2) is 42.5 Å². The molecular formula is C19H19ClFNO2. The van der Waals surface area contributed by atoms with Crippen LogP contribution in [-0.2, 0) is 17.8 Å². The smallest absolute Gasteiger partial charge is 0.223 e. The second-order valence-electron chi connectivity index (χ2n) is 6.10. The molecule has 0 saturated heterocycles. The Morgan fingerprint density at radius 3 is 2.58 bits per heavy atom. The van der Waals surface area contributed by atoms with E-state index >= 15 is 0 Å². The molecule has 2 aromatic carbocycles. The number of amides is 1. The number of aliphatic hydroxyl groups excluding tert-OH is 1. The number of halogens is 2. The number of aliphatic hydroxyl groups is 1. The van der Waals surface area contributed by atoms with E-state index in [4.69, 9.17) is 16.7 Å². The van der Waals surface area contributed by atoms with Crippen molar-refractivity contribution in [1.29, 1.82) is 0 Å². The van der Waals surface area contributed by atoms with Crippen molar-refractivity contribution in [3.05, 3.63) is 70.0 Å². The minimum absolute atomic E-state index is 0.0265. The molecule has 2 N–H and O–H groups in total. The largest absolute Gasteiger partial charge is 0.392 e. The van der Waals surface area contributed by atoms with E-state index in [1.54, 1.807) is 12.1 Å². The summed E-state index contributed by atoms with van der Waals surface area (Å²) in [5.41, 5.74) is 2.42. The Labute approximate surface area is 145 Å². The number of benzene rings is 2. The normalized spacial score (nSPS) is 19.1. The Morgan fingerprint density at radius 1 is 1.21 bits per heavy atom. The first-order valence-electron chi connectivity index (χ1n) is 8.00. The van der Waals surface area contributed by atoms with Crippen molar-refractivity contribution in [2.45, 2.75) is 25.4 Å². The maximum atomic E-state index is 13.9. The van der Waals surface area contributed by atoms with Crippen LogP contribution >= 0.6 is 11.6 Å². The lowest BCUT2D eigenvalue weighted by Crippen LogP contribution is -2.27. The summed E-state index contributed by atoms with van der Waals surface area (Å²) in [6.45, 7) is 0.560. The van der Waals surface area contributed by atoms with Gasteiger partial charge in [0.1, 0.15) is 5.82 Å². The highest BCUT2D eigenvalue weighted by Gasteiger charge is 2.46. The molecule has 1 aliphatic carbocycles. The van der Waals surface area contributed by atoms with Crippen LogP contribution in [-0.4, -0.2) is 17.6 Å². The Balaban J connectivity index is 1.50. The summed E-state index contributed by atoms with van der Waals surface area (Å²) < 4.78 is 13.9. The molecule has 3 nitrogen and oxygen atoms in total. The van der Waals surface area contributed by atoms with Gasteiger partial charge in [-0.2, -0.15) is 0 Å². The standard InChI is InChI=1S/C19H19ClFNO2/c20-16-2-1-3-17(21)18(16)14-10-15(14)19(24)22-9-8-12-4-6-13(11-23)7-5-12/h1-7,14-15,23H,8-11H2,(H,22,24). The van der Waals surface area contributed by atoms with Gasteiger partial charge in [0, 0.05) is 29.0 Å². The molecule has 0 heterocycles. The van der Waals surface area contributed by atoms with Gasteiger partial charge in [-0.1, -0.05) is 41.9 Å². The molecule has 0 aromatic heterocycles. The first-order valence-corrected chi connectivity index (χ1v) is 8.38. The van der Waals surface area contributed by atoms with Crippen LogP contribution in [0.25, 0.3) is 0 Å². The van der Waals surface area contributed by atoms with Crippen molar-refractivity contribution >= 4 is 17.5 Å². The predicted molar refractivity (Wildman–Crippen MR) is 91.3 cm³/mol. The van der Waals surface area contributed by atoms with Crippen LogP contribution in [0.4, 0.5) is 4.39 Å². The summed E-state index contributed by atoms with van der Waals surface area (Å²) in [4.78, 5) is 12.2. The van der Waals surface area contributed by atoms with Gasteiger partial charge >= 0.3 is 0 Å². The van der Waals surface area contributed by atoms with Gasteiger partial charge in [0.05, 0.1) is 6.61 Å². The number of carbonyl (C=O) groups is 1. The molecule has 1 amide bonds. The van der Waals surface area contributed by atoms with Crippen LogP contribution in [0, 0.1) is 11.7 Å². The molecule has 2 unspecified atom stereocenters. The van der Waals surface area contributed by atoms with Crippen LogP contribution in [0.5, 0.6) is 0 Å². The highest BCUT2D eigenvalue weighted by Crippen LogP contribution is 2.50. The van der Waals surface area contributed by atoms with Gasteiger partial charge in [0.15, 0.2) is 0 Å². The third-order valence-corrected chi connectivity index (χ3v) is 4.75. The molecule has 0 bridgehead atoms. The maximum absolute atomic E-state index is 13.9. The summed E-state index contributed by atoms with van der Waals surface area (Å²) in [5.74, 6) is -0.711. The Morgan fingerprint density at radius 2 is 1.92 bits per heavy atom. The van der Waals surface area contributed by atoms with Crippen LogP contribution in [0.2, 0.25) is 5.02 Å². The molecule has 1 saturated carbocycles. The van der Waals surface area contributed by atoms with Gasteiger partial charge in [-0.05, 0) is 36.1 Å². The summed E-state index contributed by atoms with van der Waals surface area (Å²) >= 11 is 6.05. The number of nitrogens with one attached hydrogen (secondary N) is 1. The average Bonchev–Trinajstić information content (AvgIpc) is 3.36. The van der Waals surface area contributed by atoms with E-state index in [-0.39, 0.29) is 30.2 Å². The van der Waals surface area contributed by atoms with Gasteiger partial charge in [-0.25, -0.2) is 4.39 Å². The van der Waals surface area contributed by atoms with Gasteiger partial charge < -0.3 is 10.4 Å². The molecule has 2 aromatic rings. The SMILES string of the molecule is O=C(NCCc1ccc(CO)cc1)C1CC1c1c(F)cccc1Cl. The van der Waals surface area contributed by atoms with Crippen molar-refractivity contribution < 1.29 is 14.3 Å². The molecule has 5 heteroatoms. The summed E-state index contributed by atoms with van der Waals surface area (Å²) in [5, 5.41) is 12.3. The van der Waals surface area contributed by atoms with E-state index in [2.05, 4.69) is 5.32 Å². The Bertz CT molecular complexity index is 712. The zero-order valence-electron chi connectivity index (χ0n) is 13.1. The van der Waals surface area contributed by atoms with E-state index in [0.717, 1.165) is 17.5 Å². The summed E-state index contributed by atoms with van der Waals surface area (Å²) in [7, 11) is 0. The number of rotatable bonds is 6. The van der Waals surface area contributed by atoms with Crippen LogP contribution in [0.1, 0.15) is 29.0 Å². The summed E-state index contributed by atoms with van der Waals surface area (Å²) in [6.07, 6.45) is 1.35. The van der Waals surface area contributed by atoms with Gasteiger partial charge in [0.25, 0.3) is 0 Å². The van der Waals surface area contributed by atoms with E-state index in [1.165, 1.54) is 6.07 Å². The lowest BCUT2D eigenvalue weighted by molar-refractivity contribution is -0.122. The third-order valence-electron chi connectivity index (χ3n) is 4.42. The molecule has 3 rings (SSSR count). The van der Waals surface area contributed by atoms with Gasteiger partial charge in [-0.15, -0.1) is 0 Å². The molecule has 0 radical (unpaired) electrons. The van der Waals surface area contributed by atoms with E-state index < -0.39 is 0 Å². The quantitative estimate of drug-likeness (QED) is 0.841. The van der Waals surface area contributed by atoms with Crippen molar-refractivity contribution in [2.75, 3.05) is 6.54 Å². The monoisotopic (exact) mass is 347 g/mol. The van der Waals surface area contributed by atoms with Crippen molar-refractivity contribution in [3.8, 4) is 0 Å². The number of carbonyl (C=O) groups excluding carboxylic acids is 1. The third kappa shape index (κ3) is 3.77. The van der Waals surface area contributed by atoms with E-state index in [0.29, 0.717) is 23.6 Å². The number of hydrogen-bond donors (Lipinski definition) is 2. The highest BCUT2D eigenvalue weighted by molar-refractivity contribution is 6.31. The average molecular weight is 348 g/mol. The Hall–Kier alpha value is -1.91. The minimum Gasteiger partial charge on any atom is -0.392 e. The fraction of sp³-hybridized carbons (Fsp3) is 0.316. The molecule has 0 aliphatic heterocycles. The summed E-state index contributed by atoms with van der Waals surface area (Å²) in [6, 6.07) is 12.2.